The second-order valence-corrected chi connectivity index (χ2v) is 6.14. The number of methoxy groups -OCH3 is 1. The highest BCUT2D eigenvalue weighted by Gasteiger charge is 2.38. The quantitative estimate of drug-likeness (QED) is 0.884. The zero-order valence-corrected chi connectivity index (χ0v) is 13.6. The van der Waals surface area contributed by atoms with Crippen LogP contribution in [0.1, 0.15) is 30.1 Å². The molecule has 0 aromatic carbocycles. The van der Waals surface area contributed by atoms with Crippen molar-refractivity contribution in [1.82, 2.24) is 19.9 Å². The number of carboxylic acids is 1. The molecule has 1 N–H and O–H groups in total. The molecule has 10 heteroatoms. The standard InChI is InChI=1S/C12H20N4O.C2HF3O2/c1-15-12-10(8-17-2)6-16(5-9-3-4-9)7-11(12)13-14-15;3-2(4,5)1(6)7/h9-10H,3-8H2,1-2H3;(H,6,7). The zero-order chi connectivity index (χ0) is 17.9. The summed E-state index contributed by atoms with van der Waals surface area (Å²) >= 11 is 0. The smallest absolute Gasteiger partial charge is 0.475 e. The van der Waals surface area contributed by atoms with E-state index in [-0.39, 0.29) is 0 Å². The summed E-state index contributed by atoms with van der Waals surface area (Å²) in [5, 5.41) is 15.6. The molecule has 3 rings (SSSR count). The van der Waals surface area contributed by atoms with Crippen LogP contribution in [0.15, 0.2) is 0 Å². The molecular weight excluding hydrogens is 329 g/mol. The van der Waals surface area contributed by atoms with E-state index in [4.69, 9.17) is 14.6 Å². The van der Waals surface area contributed by atoms with Gasteiger partial charge in [-0.15, -0.1) is 5.10 Å². The van der Waals surface area contributed by atoms with E-state index < -0.39 is 12.1 Å². The number of aromatic nitrogens is 3. The van der Waals surface area contributed by atoms with E-state index in [9.17, 15) is 13.2 Å². The summed E-state index contributed by atoms with van der Waals surface area (Å²) in [6, 6.07) is 0. The minimum atomic E-state index is -5.08. The van der Waals surface area contributed by atoms with Crippen LogP contribution in [-0.2, 0) is 23.1 Å². The Morgan fingerprint density at radius 2 is 2.04 bits per heavy atom. The van der Waals surface area contributed by atoms with E-state index in [1.54, 1.807) is 7.11 Å². The fourth-order valence-electron chi connectivity index (χ4n) is 2.83. The number of carboxylic acid groups (broad SMARTS) is 1. The van der Waals surface area contributed by atoms with Gasteiger partial charge < -0.3 is 9.84 Å². The van der Waals surface area contributed by atoms with Crippen molar-refractivity contribution in [1.29, 1.82) is 0 Å². The molecule has 0 bridgehead atoms. The van der Waals surface area contributed by atoms with E-state index >= 15 is 0 Å². The Bertz CT molecular complexity index is 572. The lowest BCUT2D eigenvalue weighted by atomic mass is 9.99. The molecule has 0 radical (unpaired) electrons. The molecule has 1 aromatic rings. The molecule has 2 heterocycles. The lowest BCUT2D eigenvalue weighted by Gasteiger charge is -2.31. The molecule has 1 saturated carbocycles. The minimum absolute atomic E-state index is 0.419. The number of nitrogens with zero attached hydrogens (tertiary/aromatic N) is 4. The van der Waals surface area contributed by atoms with Crippen LogP contribution in [0.25, 0.3) is 0 Å². The average molecular weight is 350 g/mol. The first-order valence-electron chi connectivity index (χ1n) is 7.62. The SMILES string of the molecule is COCC1CN(CC2CC2)Cc2nnn(C)c21.O=C(O)C(F)(F)F. The molecule has 24 heavy (non-hydrogen) atoms. The zero-order valence-electron chi connectivity index (χ0n) is 13.6. The van der Waals surface area contributed by atoms with Gasteiger partial charge >= 0.3 is 12.1 Å². The van der Waals surface area contributed by atoms with Crippen LogP contribution >= 0.6 is 0 Å². The second-order valence-electron chi connectivity index (χ2n) is 6.14. The molecule has 1 aliphatic heterocycles. The fraction of sp³-hybridized carbons (Fsp3) is 0.786. The Hall–Kier alpha value is -1.68. The Balaban J connectivity index is 0.000000256. The molecular formula is C14H21F3N4O3. The van der Waals surface area contributed by atoms with Crippen molar-refractivity contribution >= 4 is 5.97 Å². The minimum Gasteiger partial charge on any atom is -0.475 e. The van der Waals surface area contributed by atoms with E-state index in [1.165, 1.54) is 25.1 Å². The predicted molar refractivity (Wildman–Crippen MR) is 77.3 cm³/mol. The molecule has 0 spiro atoms. The second kappa shape index (κ2) is 7.47. The summed E-state index contributed by atoms with van der Waals surface area (Å²) in [5.74, 6) is -1.41. The van der Waals surface area contributed by atoms with Crippen molar-refractivity contribution < 1.29 is 27.8 Å². The number of alkyl halides is 3. The summed E-state index contributed by atoms with van der Waals surface area (Å²) in [6.45, 7) is 4.02. The molecule has 1 fully saturated rings. The van der Waals surface area contributed by atoms with Gasteiger partial charge in [-0.3, -0.25) is 9.58 Å². The van der Waals surface area contributed by atoms with Crippen molar-refractivity contribution in [3.05, 3.63) is 11.4 Å². The third-order valence-corrected chi connectivity index (χ3v) is 4.01. The molecule has 136 valence electrons. The average Bonchev–Trinajstić information content (AvgIpc) is 3.21. The first-order valence-corrected chi connectivity index (χ1v) is 7.62. The van der Waals surface area contributed by atoms with Crippen LogP contribution in [0.5, 0.6) is 0 Å². The maximum atomic E-state index is 10.6. The van der Waals surface area contributed by atoms with E-state index in [0.29, 0.717) is 5.92 Å². The molecule has 1 atom stereocenters. The number of rotatable bonds is 4. The highest BCUT2D eigenvalue weighted by Crippen LogP contribution is 2.33. The van der Waals surface area contributed by atoms with Gasteiger partial charge in [0, 0.05) is 39.7 Å². The van der Waals surface area contributed by atoms with Gasteiger partial charge in [-0.05, 0) is 18.8 Å². The van der Waals surface area contributed by atoms with Crippen molar-refractivity contribution in [3.8, 4) is 0 Å². The summed E-state index contributed by atoms with van der Waals surface area (Å²) in [6.07, 6.45) is -2.28. The highest BCUT2D eigenvalue weighted by atomic mass is 19.4. The van der Waals surface area contributed by atoms with E-state index in [2.05, 4.69) is 15.2 Å². The number of fused-ring (bicyclic) bond motifs is 1. The van der Waals surface area contributed by atoms with Gasteiger partial charge in [-0.1, -0.05) is 5.21 Å². The lowest BCUT2D eigenvalue weighted by Crippen LogP contribution is -2.37. The summed E-state index contributed by atoms with van der Waals surface area (Å²) in [4.78, 5) is 11.4. The van der Waals surface area contributed by atoms with Gasteiger partial charge in [-0.2, -0.15) is 13.2 Å². The van der Waals surface area contributed by atoms with Crippen molar-refractivity contribution in [3.63, 3.8) is 0 Å². The van der Waals surface area contributed by atoms with Gasteiger partial charge in [0.25, 0.3) is 0 Å². The molecule has 7 nitrogen and oxygen atoms in total. The van der Waals surface area contributed by atoms with Gasteiger partial charge in [0.1, 0.15) is 5.69 Å². The third-order valence-electron chi connectivity index (χ3n) is 4.01. The first kappa shape index (κ1) is 18.7. The summed E-state index contributed by atoms with van der Waals surface area (Å²) in [7, 11) is 3.74. The number of hydrogen-bond donors (Lipinski definition) is 1. The fourth-order valence-corrected chi connectivity index (χ4v) is 2.83. The molecule has 1 unspecified atom stereocenters. The number of aliphatic carboxylic acids is 1. The Labute approximate surface area is 137 Å². The van der Waals surface area contributed by atoms with Crippen molar-refractivity contribution in [2.75, 3.05) is 26.8 Å². The maximum Gasteiger partial charge on any atom is 0.490 e. The maximum absolute atomic E-state index is 10.6. The molecule has 1 aliphatic carbocycles. The van der Waals surface area contributed by atoms with Crippen LogP contribution in [0.3, 0.4) is 0 Å². The van der Waals surface area contributed by atoms with Crippen molar-refractivity contribution in [2.45, 2.75) is 31.5 Å². The highest BCUT2D eigenvalue weighted by molar-refractivity contribution is 5.73. The molecule has 0 amide bonds. The number of halogens is 3. The van der Waals surface area contributed by atoms with Gasteiger partial charge in [0.2, 0.25) is 0 Å². The largest absolute Gasteiger partial charge is 0.490 e. The number of carbonyl (C=O) groups is 1. The number of ether oxygens (including phenoxy) is 1. The summed E-state index contributed by atoms with van der Waals surface area (Å²) in [5.41, 5.74) is 2.40. The van der Waals surface area contributed by atoms with Crippen LogP contribution in [-0.4, -0.2) is 64.0 Å². The number of hydrogen-bond acceptors (Lipinski definition) is 5. The normalized spacial score (nSPS) is 21.0. The number of aryl methyl sites for hydroxylation is 1. The molecule has 0 saturated heterocycles. The topological polar surface area (TPSA) is 80.5 Å². The van der Waals surface area contributed by atoms with Crippen LogP contribution in [0.2, 0.25) is 0 Å². The van der Waals surface area contributed by atoms with Gasteiger partial charge in [0.15, 0.2) is 0 Å². The molecule has 2 aliphatic rings. The van der Waals surface area contributed by atoms with Crippen LogP contribution < -0.4 is 0 Å². The Kier molecular flexibility index (Phi) is 5.81. The van der Waals surface area contributed by atoms with Crippen molar-refractivity contribution in [2.24, 2.45) is 13.0 Å². The first-order chi connectivity index (χ1) is 11.2. The van der Waals surface area contributed by atoms with E-state index in [0.717, 1.165) is 31.3 Å². The lowest BCUT2D eigenvalue weighted by molar-refractivity contribution is -0.192. The third kappa shape index (κ3) is 4.91. The Morgan fingerprint density at radius 1 is 1.42 bits per heavy atom. The van der Waals surface area contributed by atoms with Gasteiger partial charge in [0.05, 0.1) is 12.3 Å². The van der Waals surface area contributed by atoms with E-state index in [1.807, 2.05) is 11.7 Å². The predicted octanol–water partition coefficient (Wildman–Crippen LogP) is 1.40. The van der Waals surface area contributed by atoms with Crippen LogP contribution in [0, 0.1) is 5.92 Å². The summed E-state index contributed by atoms with van der Waals surface area (Å²) < 4.78 is 39.0. The molecule has 1 aromatic heterocycles. The Morgan fingerprint density at radius 3 is 2.54 bits per heavy atom. The van der Waals surface area contributed by atoms with Crippen LogP contribution in [0.4, 0.5) is 13.2 Å². The monoisotopic (exact) mass is 350 g/mol. The van der Waals surface area contributed by atoms with Gasteiger partial charge in [-0.25, -0.2) is 4.79 Å².